The summed E-state index contributed by atoms with van der Waals surface area (Å²) in [6.07, 6.45) is -1.03. The Labute approximate surface area is 153 Å². The Hall–Kier alpha value is -2.86. The van der Waals surface area contributed by atoms with E-state index >= 15 is 0 Å². The number of nitrogens with one attached hydrogen (secondary N) is 2. The molecule has 0 aliphatic rings. The molecular formula is C20H24N2O4. The minimum Gasteiger partial charge on any atom is -0.488 e. The fourth-order valence-corrected chi connectivity index (χ4v) is 2.42. The summed E-state index contributed by atoms with van der Waals surface area (Å²) in [4.78, 5) is 24.6. The van der Waals surface area contributed by atoms with Crippen LogP contribution in [-0.4, -0.2) is 35.6 Å². The molecule has 0 aliphatic carbocycles. The first-order valence-electron chi connectivity index (χ1n) is 8.55. The summed E-state index contributed by atoms with van der Waals surface area (Å²) in [5, 5.41) is 15.0. The van der Waals surface area contributed by atoms with Crippen molar-refractivity contribution in [3.63, 3.8) is 0 Å². The maximum Gasteiger partial charge on any atom is 0.255 e. The quantitative estimate of drug-likeness (QED) is 0.674. The minimum absolute atomic E-state index is 0.304. The van der Waals surface area contributed by atoms with Crippen LogP contribution in [0.15, 0.2) is 54.6 Å². The Morgan fingerprint density at radius 1 is 1.08 bits per heavy atom. The molecule has 3 N–H and O–H groups in total. The zero-order valence-electron chi connectivity index (χ0n) is 14.9. The number of benzene rings is 2. The van der Waals surface area contributed by atoms with E-state index in [1.165, 1.54) is 6.92 Å². The maximum absolute atomic E-state index is 12.6. The number of hydrogen-bond acceptors (Lipinski definition) is 4. The van der Waals surface area contributed by atoms with E-state index < -0.39 is 24.0 Å². The first-order valence-corrected chi connectivity index (χ1v) is 8.55. The molecule has 0 spiro atoms. The van der Waals surface area contributed by atoms with Gasteiger partial charge in [0, 0.05) is 6.54 Å². The Kier molecular flexibility index (Phi) is 7.17. The first kappa shape index (κ1) is 19.5. The molecule has 6 heteroatoms. The normalized spacial score (nSPS) is 12.7. The van der Waals surface area contributed by atoms with Gasteiger partial charge in [-0.1, -0.05) is 42.5 Å². The van der Waals surface area contributed by atoms with Crippen LogP contribution in [0.4, 0.5) is 0 Å². The molecule has 2 aromatic carbocycles. The molecule has 138 valence electrons. The van der Waals surface area contributed by atoms with Gasteiger partial charge in [-0.3, -0.25) is 9.59 Å². The Balaban J connectivity index is 2.11. The van der Waals surface area contributed by atoms with Crippen LogP contribution in [0.1, 0.15) is 29.8 Å². The van der Waals surface area contributed by atoms with Gasteiger partial charge in [-0.25, -0.2) is 0 Å². The summed E-state index contributed by atoms with van der Waals surface area (Å²) in [5.41, 5.74) is 1.28. The Morgan fingerprint density at radius 3 is 2.38 bits per heavy atom. The van der Waals surface area contributed by atoms with E-state index in [0.29, 0.717) is 24.5 Å². The highest BCUT2D eigenvalue weighted by Crippen LogP contribution is 2.19. The molecule has 0 heterocycles. The van der Waals surface area contributed by atoms with Crippen molar-refractivity contribution < 1.29 is 19.4 Å². The zero-order chi connectivity index (χ0) is 18.9. The third-order valence-electron chi connectivity index (χ3n) is 3.77. The fourth-order valence-electron chi connectivity index (χ4n) is 2.42. The van der Waals surface area contributed by atoms with Crippen molar-refractivity contribution in [1.82, 2.24) is 10.6 Å². The van der Waals surface area contributed by atoms with Crippen LogP contribution in [-0.2, 0) is 11.4 Å². The second-order valence-electron chi connectivity index (χ2n) is 5.86. The summed E-state index contributed by atoms with van der Waals surface area (Å²) < 4.78 is 5.77. The van der Waals surface area contributed by atoms with Crippen molar-refractivity contribution in [3.8, 4) is 5.75 Å². The molecule has 0 aliphatic heterocycles. The predicted octanol–water partition coefficient (Wildman–Crippen LogP) is 1.88. The van der Waals surface area contributed by atoms with Crippen molar-refractivity contribution in [2.45, 2.75) is 32.6 Å². The third kappa shape index (κ3) is 5.32. The highest BCUT2D eigenvalue weighted by atomic mass is 16.5. The summed E-state index contributed by atoms with van der Waals surface area (Å²) >= 11 is 0. The predicted molar refractivity (Wildman–Crippen MR) is 98.8 cm³/mol. The van der Waals surface area contributed by atoms with E-state index in [1.54, 1.807) is 31.2 Å². The topological polar surface area (TPSA) is 87.7 Å². The highest BCUT2D eigenvalue weighted by Gasteiger charge is 2.26. The van der Waals surface area contributed by atoms with Gasteiger partial charge in [0.15, 0.2) is 0 Å². The molecule has 2 amide bonds. The molecule has 0 aromatic heterocycles. The van der Waals surface area contributed by atoms with E-state index in [4.69, 9.17) is 4.74 Å². The van der Waals surface area contributed by atoms with Crippen LogP contribution < -0.4 is 15.4 Å². The number of hydrogen-bond donors (Lipinski definition) is 3. The molecule has 0 unspecified atom stereocenters. The molecule has 6 nitrogen and oxygen atoms in total. The van der Waals surface area contributed by atoms with Crippen molar-refractivity contribution in [2.75, 3.05) is 6.54 Å². The monoisotopic (exact) mass is 356 g/mol. The maximum atomic E-state index is 12.6. The van der Waals surface area contributed by atoms with Gasteiger partial charge >= 0.3 is 0 Å². The molecule has 2 aromatic rings. The van der Waals surface area contributed by atoms with Crippen LogP contribution in [0, 0.1) is 0 Å². The largest absolute Gasteiger partial charge is 0.488 e. The smallest absolute Gasteiger partial charge is 0.255 e. The summed E-state index contributed by atoms with van der Waals surface area (Å²) in [6.45, 7) is 3.96. The molecule has 0 fully saturated rings. The van der Waals surface area contributed by atoms with Gasteiger partial charge in [0.05, 0.1) is 11.7 Å². The average Bonchev–Trinajstić information content (AvgIpc) is 2.65. The van der Waals surface area contributed by atoms with Gasteiger partial charge in [-0.15, -0.1) is 0 Å². The van der Waals surface area contributed by atoms with E-state index in [-0.39, 0.29) is 0 Å². The second kappa shape index (κ2) is 9.58. The number of aliphatic hydroxyl groups is 1. The summed E-state index contributed by atoms with van der Waals surface area (Å²) in [7, 11) is 0. The minimum atomic E-state index is -1.04. The fraction of sp³-hybridized carbons (Fsp3) is 0.300. The third-order valence-corrected chi connectivity index (χ3v) is 3.77. The van der Waals surface area contributed by atoms with Crippen molar-refractivity contribution in [2.24, 2.45) is 0 Å². The van der Waals surface area contributed by atoms with Gasteiger partial charge in [-0.05, 0) is 31.5 Å². The lowest BCUT2D eigenvalue weighted by molar-refractivity contribution is -0.125. The molecule has 2 atom stereocenters. The van der Waals surface area contributed by atoms with Gasteiger partial charge in [0.2, 0.25) is 5.91 Å². The van der Waals surface area contributed by atoms with Crippen molar-refractivity contribution >= 4 is 11.8 Å². The number of carbonyl (C=O) groups excluding carboxylic acids is 2. The van der Waals surface area contributed by atoms with Crippen molar-refractivity contribution in [3.05, 3.63) is 65.7 Å². The lowest BCUT2D eigenvalue weighted by Crippen LogP contribution is -2.52. The number of aliphatic hydroxyl groups excluding tert-OH is 1. The van der Waals surface area contributed by atoms with Crippen LogP contribution in [0.2, 0.25) is 0 Å². The molecule has 26 heavy (non-hydrogen) atoms. The van der Waals surface area contributed by atoms with Gasteiger partial charge < -0.3 is 20.5 Å². The molecule has 0 saturated heterocycles. The SMILES string of the molecule is CCNC(=O)[C@@H](NC(=O)c1ccccc1OCc1ccccc1)[C@@H](C)O. The Morgan fingerprint density at radius 2 is 1.73 bits per heavy atom. The van der Waals surface area contributed by atoms with E-state index in [0.717, 1.165) is 5.56 Å². The first-order chi connectivity index (χ1) is 12.5. The van der Waals surface area contributed by atoms with E-state index in [9.17, 15) is 14.7 Å². The van der Waals surface area contributed by atoms with Gasteiger partial charge in [0.1, 0.15) is 18.4 Å². The number of ether oxygens (including phenoxy) is 1. The average molecular weight is 356 g/mol. The number of amides is 2. The number of para-hydroxylation sites is 1. The second-order valence-corrected chi connectivity index (χ2v) is 5.86. The number of carbonyl (C=O) groups is 2. The van der Waals surface area contributed by atoms with Crippen molar-refractivity contribution in [1.29, 1.82) is 0 Å². The molecule has 0 bridgehead atoms. The zero-order valence-corrected chi connectivity index (χ0v) is 14.9. The van der Waals surface area contributed by atoms with E-state index in [2.05, 4.69) is 10.6 Å². The molecule has 0 saturated carbocycles. The van der Waals surface area contributed by atoms with Crippen LogP contribution in [0.3, 0.4) is 0 Å². The molecule has 2 rings (SSSR count). The standard InChI is InChI=1S/C20H24N2O4/c1-3-21-20(25)18(14(2)23)22-19(24)16-11-7-8-12-17(16)26-13-15-9-5-4-6-10-15/h4-12,14,18,23H,3,13H2,1-2H3,(H,21,25)(H,22,24)/t14-,18+/m1/s1. The summed E-state index contributed by atoms with van der Waals surface area (Å²) in [5.74, 6) is -0.501. The lowest BCUT2D eigenvalue weighted by atomic mass is 10.1. The highest BCUT2D eigenvalue weighted by molar-refractivity contribution is 5.99. The van der Waals surface area contributed by atoms with E-state index in [1.807, 2.05) is 30.3 Å². The molecular weight excluding hydrogens is 332 g/mol. The Bertz CT molecular complexity index is 732. The van der Waals surface area contributed by atoms with Crippen LogP contribution >= 0.6 is 0 Å². The molecule has 0 radical (unpaired) electrons. The van der Waals surface area contributed by atoms with Crippen LogP contribution in [0.25, 0.3) is 0 Å². The van der Waals surface area contributed by atoms with Gasteiger partial charge in [-0.2, -0.15) is 0 Å². The number of likely N-dealkylation sites (N-methyl/N-ethyl adjacent to an activating group) is 1. The van der Waals surface area contributed by atoms with Gasteiger partial charge in [0.25, 0.3) is 5.91 Å². The van der Waals surface area contributed by atoms with Crippen LogP contribution in [0.5, 0.6) is 5.75 Å². The lowest BCUT2D eigenvalue weighted by Gasteiger charge is -2.21. The number of rotatable bonds is 8. The summed E-state index contributed by atoms with van der Waals surface area (Å²) in [6, 6.07) is 15.4.